The van der Waals surface area contributed by atoms with Gasteiger partial charge in [0.1, 0.15) is 6.61 Å². The summed E-state index contributed by atoms with van der Waals surface area (Å²) in [6, 6.07) is 12.1. The van der Waals surface area contributed by atoms with Crippen molar-refractivity contribution < 1.29 is 14.3 Å². The zero-order valence-electron chi connectivity index (χ0n) is 18.3. The summed E-state index contributed by atoms with van der Waals surface area (Å²) in [6.45, 7) is 10.1. The second-order valence-electron chi connectivity index (χ2n) is 6.95. The molecular formula is C24H27BrN2O3S. The lowest BCUT2D eigenvalue weighted by Gasteiger charge is -2.15. The summed E-state index contributed by atoms with van der Waals surface area (Å²) in [5, 5.41) is 0.753. The van der Waals surface area contributed by atoms with Gasteiger partial charge in [0, 0.05) is 13.1 Å². The van der Waals surface area contributed by atoms with Crippen molar-refractivity contribution in [1.29, 1.82) is 0 Å². The van der Waals surface area contributed by atoms with Crippen LogP contribution in [-0.4, -0.2) is 35.7 Å². The molecule has 2 aromatic carbocycles. The minimum atomic E-state index is -0.0199. The highest BCUT2D eigenvalue weighted by Crippen LogP contribution is 2.39. The Bertz CT molecular complexity index is 1000. The molecule has 0 aromatic heterocycles. The second-order valence-corrected chi connectivity index (χ2v) is 8.82. The fourth-order valence-corrected chi connectivity index (χ4v) is 4.78. The van der Waals surface area contributed by atoms with Crippen LogP contribution in [0.25, 0.3) is 6.08 Å². The molecular weight excluding hydrogens is 476 g/mol. The molecule has 1 saturated heterocycles. The van der Waals surface area contributed by atoms with Crippen LogP contribution in [0, 0.1) is 6.92 Å². The standard InChI is InChI=1S/C24H27BrN2O3S/c1-5-26-24-27(6-2)23(28)21(31-24)14-18-12-19(25)22(20(13-18)29-7-3)30-15-17-10-8-16(4)9-11-17/h8-14H,5-7,15H2,1-4H3. The fourth-order valence-electron chi connectivity index (χ4n) is 3.11. The number of aliphatic imine (C=N–C) groups is 1. The number of nitrogens with zero attached hydrogens (tertiary/aromatic N) is 2. The summed E-state index contributed by atoms with van der Waals surface area (Å²) in [5.41, 5.74) is 3.16. The van der Waals surface area contributed by atoms with Crippen molar-refractivity contribution in [3.05, 3.63) is 62.5 Å². The number of hydrogen-bond donors (Lipinski definition) is 0. The number of amides is 1. The van der Waals surface area contributed by atoms with Crippen molar-refractivity contribution >= 4 is 44.8 Å². The molecule has 0 saturated carbocycles. The quantitative estimate of drug-likeness (QED) is 0.412. The molecule has 0 atom stereocenters. The molecule has 7 heteroatoms. The van der Waals surface area contributed by atoms with E-state index in [-0.39, 0.29) is 5.91 Å². The summed E-state index contributed by atoms with van der Waals surface area (Å²) in [4.78, 5) is 19.6. The molecule has 0 unspecified atom stereocenters. The van der Waals surface area contributed by atoms with Crippen LogP contribution in [0.4, 0.5) is 0 Å². The molecule has 164 valence electrons. The van der Waals surface area contributed by atoms with Gasteiger partial charge in [-0.2, -0.15) is 0 Å². The average Bonchev–Trinajstić information content (AvgIpc) is 3.03. The van der Waals surface area contributed by atoms with Gasteiger partial charge in [-0.1, -0.05) is 29.8 Å². The number of carbonyl (C=O) groups excluding carboxylic acids is 1. The van der Waals surface area contributed by atoms with Gasteiger partial charge in [0.25, 0.3) is 5.91 Å². The number of ether oxygens (including phenoxy) is 2. The molecule has 5 nitrogen and oxygen atoms in total. The van der Waals surface area contributed by atoms with Crippen molar-refractivity contribution in [3.8, 4) is 11.5 Å². The molecule has 1 aliphatic rings. The van der Waals surface area contributed by atoms with E-state index in [1.54, 1.807) is 4.90 Å². The van der Waals surface area contributed by atoms with Crippen molar-refractivity contribution in [2.24, 2.45) is 4.99 Å². The summed E-state index contributed by atoms with van der Waals surface area (Å²) in [7, 11) is 0. The van der Waals surface area contributed by atoms with E-state index in [0.717, 1.165) is 20.8 Å². The summed E-state index contributed by atoms with van der Waals surface area (Å²) in [6.07, 6.45) is 1.88. The largest absolute Gasteiger partial charge is 0.490 e. The molecule has 1 fully saturated rings. The Labute approximate surface area is 196 Å². The molecule has 0 aliphatic carbocycles. The maximum atomic E-state index is 12.8. The van der Waals surface area contributed by atoms with Crippen molar-refractivity contribution in [2.45, 2.75) is 34.3 Å². The number of thioether (sulfide) groups is 1. The van der Waals surface area contributed by atoms with Crippen LogP contribution < -0.4 is 9.47 Å². The lowest BCUT2D eigenvalue weighted by Crippen LogP contribution is -2.28. The SMILES string of the molecule is CCN=C1SC(=Cc2cc(Br)c(OCc3ccc(C)cc3)c(OCC)c2)C(=O)N1CC. The van der Waals surface area contributed by atoms with Gasteiger partial charge in [0.2, 0.25) is 0 Å². The van der Waals surface area contributed by atoms with E-state index < -0.39 is 0 Å². The van der Waals surface area contributed by atoms with E-state index in [4.69, 9.17) is 9.47 Å². The minimum Gasteiger partial charge on any atom is -0.490 e. The van der Waals surface area contributed by atoms with Crippen molar-refractivity contribution in [2.75, 3.05) is 19.7 Å². The molecule has 0 N–H and O–H groups in total. The monoisotopic (exact) mass is 502 g/mol. The van der Waals surface area contributed by atoms with Gasteiger partial charge in [-0.15, -0.1) is 0 Å². The van der Waals surface area contributed by atoms with Crippen LogP contribution >= 0.6 is 27.7 Å². The molecule has 1 amide bonds. The Morgan fingerprint density at radius 2 is 1.87 bits per heavy atom. The Hall–Kier alpha value is -2.25. The fraction of sp³-hybridized carbons (Fsp3) is 0.333. The second kappa shape index (κ2) is 10.9. The Morgan fingerprint density at radius 1 is 1.13 bits per heavy atom. The normalized spacial score (nSPS) is 16.4. The van der Waals surface area contributed by atoms with E-state index in [2.05, 4.69) is 52.1 Å². The molecule has 3 rings (SSSR count). The number of rotatable bonds is 8. The van der Waals surface area contributed by atoms with E-state index in [9.17, 15) is 4.79 Å². The smallest absolute Gasteiger partial charge is 0.266 e. The predicted octanol–water partition coefficient (Wildman–Crippen LogP) is 6.05. The molecule has 31 heavy (non-hydrogen) atoms. The molecule has 0 spiro atoms. The number of amidine groups is 1. The first-order chi connectivity index (χ1) is 15.0. The third-order valence-electron chi connectivity index (χ3n) is 4.63. The minimum absolute atomic E-state index is 0.0199. The third kappa shape index (κ3) is 5.71. The van der Waals surface area contributed by atoms with E-state index in [1.165, 1.54) is 17.3 Å². The van der Waals surface area contributed by atoms with Gasteiger partial charge >= 0.3 is 0 Å². The summed E-state index contributed by atoms with van der Waals surface area (Å²) in [5.74, 6) is 1.27. The van der Waals surface area contributed by atoms with Crippen LogP contribution in [0.15, 0.2) is 50.8 Å². The van der Waals surface area contributed by atoms with Crippen LogP contribution in [0.1, 0.15) is 37.5 Å². The molecule has 2 aromatic rings. The Balaban J connectivity index is 1.87. The average molecular weight is 503 g/mol. The van der Waals surface area contributed by atoms with E-state index in [0.29, 0.717) is 42.7 Å². The first-order valence-corrected chi connectivity index (χ1v) is 12.0. The maximum Gasteiger partial charge on any atom is 0.266 e. The van der Waals surface area contributed by atoms with Crippen molar-refractivity contribution in [1.82, 2.24) is 4.90 Å². The van der Waals surface area contributed by atoms with E-state index >= 15 is 0 Å². The summed E-state index contributed by atoms with van der Waals surface area (Å²) >= 11 is 5.03. The van der Waals surface area contributed by atoms with Crippen LogP contribution in [0.2, 0.25) is 0 Å². The highest BCUT2D eigenvalue weighted by molar-refractivity contribution is 9.10. The summed E-state index contributed by atoms with van der Waals surface area (Å²) < 4.78 is 12.7. The number of hydrogen-bond acceptors (Lipinski definition) is 5. The van der Waals surface area contributed by atoms with Gasteiger partial charge in [-0.3, -0.25) is 14.7 Å². The first-order valence-electron chi connectivity index (χ1n) is 10.4. The lowest BCUT2D eigenvalue weighted by molar-refractivity contribution is -0.122. The van der Waals surface area contributed by atoms with Gasteiger partial charge in [-0.05, 0) is 84.7 Å². The highest BCUT2D eigenvalue weighted by atomic mass is 79.9. The lowest BCUT2D eigenvalue weighted by atomic mass is 10.1. The molecule has 1 heterocycles. The Morgan fingerprint density at radius 3 is 2.52 bits per heavy atom. The van der Waals surface area contributed by atoms with Gasteiger partial charge in [0.05, 0.1) is 16.0 Å². The van der Waals surface area contributed by atoms with Gasteiger partial charge in [-0.25, -0.2) is 0 Å². The Kier molecular flexibility index (Phi) is 8.21. The van der Waals surface area contributed by atoms with Crippen LogP contribution in [0.3, 0.4) is 0 Å². The number of aryl methyl sites for hydroxylation is 1. The van der Waals surface area contributed by atoms with Crippen LogP contribution in [-0.2, 0) is 11.4 Å². The topological polar surface area (TPSA) is 51.1 Å². The van der Waals surface area contributed by atoms with Crippen molar-refractivity contribution in [3.63, 3.8) is 0 Å². The molecule has 0 bridgehead atoms. The molecule has 0 radical (unpaired) electrons. The highest BCUT2D eigenvalue weighted by Gasteiger charge is 2.31. The predicted molar refractivity (Wildman–Crippen MR) is 132 cm³/mol. The molecule has 1 aliphatic heterocycles. The van der Waals surface area contributed by atoms with E-state index in [1.807, 2.05) is 39.0 Å². The van der Waals surface area contributed by atoms with Gasteiger partial charge < -0.3 is 9.47 Å². The third-order valence-corrected chi connectivity index (χ3v) is 6.26. The number of likely N-dealkylation sites (N-methyl/N-ethyl adjacent to an activating group) is 1. The number of halogens is 1. The zero-order valence-corrected chi connectivity index (χ0v) is 20.7. The van der Waals surface area contributed by atoms with Crippen LogP contribution in [0.5, 0.6) is 11.5 Å². The number of carbonyl (C=O) groups is 1. The maximum absolute atomic E-state index is 12.8. The van der Waals surface area contributed by atoms with Gasteiger partial charge in [0.15, 0.2) is 16.7 Å². The number of benzene rings is 2. The zero-order chi connectivity index (χ0) is 22.4. The first kappa shape index (κ1) is 23.4.